The Morgan fingerprint density at radius 2 is 1.96 bits per heavy atom. The number of nitro groups is 1. The van der Waals surface area contributed by atoms with E-state index in [2.05, 4.69) is 9.97 Å². The molecule has 0 aliphatic rings. The second kappa shape index (κ2) is 4.77. The van der Waals surface area contributed by atoms with Crippen molar-refractivity contribution >= 4 is 27.6 Å². The maximum Gasteiger partial charge on any atom is 0.284 e. The Morgan fingerprint density at radius 3 is 2.74 bits per heavy atom. The van der Waals surface area contributed by atoms with Crippen molar-refractivity contribution in [3.63, 3.8) is 0 Å². The van der Waals surface area contributed by atoms with Gasteiger partial charge in [0.05, 0.1) is 10.4 Å². The zero-order chi connectivity index (χ0) is 16.0. The number of hydrogen-bond acceptors (Lipinski definition) is 5. The van der Waals surface area contributed by atoms with Gasteiger partial charge in [0.15, 0.2) is 11.6 Å². The highest BCUT2D eigenvalue weighted by molar-refractivity contribution is 5.88. The largest absolute Gasteiger partial charge is 0.453 e. The monoisotopic (exact) mass is 307 g/mol. The minimum atomic E-state index is -0.597. The van der Waals surface area contributed by atoms with Crippen molar-refractivity contribution in [2.45, 2.75) is 0 Å². The molecule has 7 nitrogen and oxygen atoms in total. The van der Waals surface area contributed by atoms with E-state index in [1.807, 2.05) is 24.3 Å². The predicted molar refractivity (Wildman–Crippen MR) is 84.2 cm³/mol. The van der Waals surface area contributed by atoms with Gasteiger partial charge in [0.1, 0.15) is 11.0 Å². The fraction of sp³-hybridized carbons (Fsp3) is 0. The molecular weight excluding hydrogens is 298 g/mol. The van der Waals surface area contributed by atoms with Crippen LogP contribution in [0.3, 0.4) is 0 Å². The Labute approximate surface area is 128 Å². The lowest BCUT2D eigenvalue weighted by Crippen LogP contribution is -2.11. The summed E-state index contributed by atoms with van der Waals surface area (Å²) >= 11 is 0. The van der Waals surface area contributed by atoms with Gasteiger partial charge < -0.3 is 9.40 Å². The number of non-ortho nitro benzene ring substituents is 1. The molecule has 0 saturated carbocycles. The minimum Gasteiger partial charge on any atom is -0.453 e. The molecule has 2 aromatic heterocycles. The highest BCUT2D eigenvalue weighted by Crippen LogP contribution is 2.27. The number of para-hydroxylation sites is 1. The molecule has 2 aromatic carbocycles. The number of rotatable bonds is 2. The molecule has 112 valence electrons. The number of furan rings is 1. The van der Waals surface area contributed by atoms with E-state index >= 15 is 0 Å². The molecule has 1 N–H and O–H groups in total. The summed E-state index contributed by atoms with van der Waals surface area (Å²) in [5, 5.41) is 11.9. The fourth-order valence-corrected chi connectivity index (χ4v) is 2.54. The molecule has 0 aliphatic carbocycles. The van der Waals surface area contributed by atoms with Crippen molar-refractivity contribution < 1.29 is 9.34 Å². The summed E-state index contributed by atoms with van der Waals surface area (Å²) in [5.74, 6) is 0.635. The molecule has 0 unspecified atom stereocenters. The highest BCUT2D eigenvalue weighted by atomic mass is 16.6. The molecule has 0 bridgehead atoms. The number of benzene rings is 2. The topological polar surface area (TPSA) is 102 Å². The highest BCUT2D eigenvalue weighted by Gasteiger charge is 2.18. The van der Waals surface area contributed by atoms with Crippen LogP contribution in [-0.4, -0.2) is 14.9 Å². The third-order valence-electron chi connectivity index (χ3n) is 3.57. The molecule has 0 radical (unpaired) electrons. The lowest BCUT2D eigenvalue weighted by Gasteiger charge is -2.01. The van der Waals surface area contributed by atoms with Crippen LogP contribution in [0, 0.1) is 10.1 Å². The van der Waals surface area contributed by atoms with Crippen LogP contribution in [-0.2, 0) is 0 Å². The molecule has 7 heteroatoms. The van der Waals surface area contributed by atoms with E-state index in [4.69, 9.17) is 4.42 Å². The van der Waals surface area contributed by atoms with Crippen LogP contribution in [0.4, 0.5) is 5.69 Å². The molecule has 4 aromatic rings. The third-order valence-corrected chi connectivity index (χ3v) is 3.57. The van der Waals surface area contributed by atoms with Gasteiger partial charge in [-0.2, -0.15) is 0 Å². The zero-order valence-electron chi connectivity index (χ0n) is 11.6. The summed E-state index contributed by atoms with van der Waals surface area (Å²) in [6.07, 6.45) is 0. The van der Waals surface area contributed by atoms with Gasteiger partial charge >= 0.3 is 0 Å². The molecule has 0 spiro atoms. The molecule has 4 rings (SSSR count). The van der Waals surface area contributed by atoms with E-state index in [1.54, 1.807) is 12.1 Å². The van der Waals surface area contributed by atoms with E-state index in [9.17, 15) is 14.9 Å². The van der Waals surface area contributed by atoms with E-state index in [1.165, 1.54) is 12.1 Å². The van der Waals surface area contributed by atoms with Gasteiger partial charge in [-0.15, -0.1) is 0 Å². The van der Waals surface area contributed by atoms with Gasteiger partial charge in [-0.3, -0.25) is 14.9 Å². The lowest BCUT2D eigenvalue weighted by molar-refractivity contribution is -0.383. The van der Waals surface area contributed by atoms with E-state index in [0.29, 0.717) is 11.3 Å². The van der Waals surface area contributed by atoms with Gasteiger partial charge in [0.25, 0.3) is 11.2 Å². The van der Waals surface area contributed by atoms with Crippen LogP contribution in [0.25, 0.3) is 33.5 Å². The number of hydrogen-bond donors (Lipinski definition) is 1. The quantitative estimate of drug-likeness (QED) is 0.452. The maximum atomic E-state index is 12.3. The lowest BCUT2D eigenvalue weighted by atomic mass is 10.2. The predicted octanol–water partition coefficient (Wildman–Crippen LogP) is 3.24. The number of nitrogens with one attached hydrogen (secondary N) is 1. The van der Waals surface area contributed by atoms with Crippen molar-refractivity contribution in [1.29, 1.82) is 0 Å². The first-order valence-corrected chi connectivity index (χ1v) is 6.80. The first-order chi connectivity index (χ1) is 11.1. The fourth-order valence-electron chi connectivity index (χ4n) is 2.54. The summed E-state index contributed by atoms with van der Waals surface area (Å²) in [5.41, 5.74) is 0.0767. The number of H-pyrrole nitrogens is 1. The Morgan fingerprint density at radius 1 is 1.13 bits per heavy atom. The Kier molecular flexibility index (Phi) is 2.74. The van der Waals surface area contributed by atoms with Gasteiger partial charge in [0, 0.05) is 11.5 Å². The first-order valence-electron chi connectivity index (χ1n) is 6.80. The number of nitro benzene ring substituents is 1. The van der Waals surface area contributed by atoms with Gasteiger partial charge in [-0.25, -0.2) is 4.98 Å². The van der Waals surface area contributed by atoms with Crippen molar-refractivity contribution in [2.24, 2.45) is 0 Å². The summed E-state index contributed by atoms with van der Waals surface area (Å²) in [6.45, 7) is 0. The zero-order valence-corrected chi connectivity index (χ0v) is 11.6. The molecule has 0 saturated heterocycles. The van der Waals surface area contributed by atoms with Crippen molar-refractivity contribution in [1.82, 2.24) is 9.97 Å². The van der Waals surface area contributed by atoms with Gasteiger partial charge in [0.2, 0.25) is 0 Å². The molecule has 0 fully saturated rings. The summed E-state index contributed by atoms with van der Waals surface area (Å²) in [6, 6.07) is 13.5. The SMILES string of the molecule is O=c1[nH]c(-c2cc3ccccc3o2)nc2cccc([N+](=O)[O-])c12. The Bertz CT molecular complexity index is 1090. The summed E-state index contributed by atoms with van der Waals surface area (Å²) in [4.78, 5) is 29.6. The number of fused-ring (bicyclic) bond motifs is 2. The minimum absolute atomic E-state index is 0.0441. The Hall–Kier alpha value is -3.48. The van der Waals surface area contributed by atoms with Crippen molar-refractivity contribution in [3.05, 3.63) is 69.0 Å². The maximum absolute atomic E-state index is 12.3. The van der Waals surface area contributed by atoms with Crippen molar-refractivity contribution in [3.8, 4) is 11.6 Å². The standard InChI is InChI=1S/C16H9N3O4/c20-16-14-10(5-3-6-11(14)19(21)22)17-15(18-16)13-8-9-4-1-2-7-12(9)23-13/h1-8H,(H,17,18,20). The van der Waals surface area contributed by atoms with Crippen LogP contribution in [0.1, 0.15) is 0 Å². The number of aromatic nitrogens is 2. The number of aromatic amines is 1. The molecule has 23 heavy (non-hydrogen) atoms. The smallest absolute Gasteiger partial charge is 0.284 e. The molecule has 0 aliphatic heterocycles. The average molecular weight is 307 g/mol. The van der Waals surface area contributed by atoms with Crippen molar-refractivity contribution in [2.75, 3.05) is 0 Å². The second-order valence-corrected chi connectivity index (χ2v) is 4.99. The molecule has 2 heterocycles. The summed E-state index contributed by atoms with van der Waals surface area (Å²) in [7, 11) is 0. The normalized spacial score (nSPS) is 11.1. The van der Waals surface area contributed by atoms with E-state index in [-0.39, 0.29) is 22.4 Å². The van der Waals surface area contributed by atoms with E-state index in [0.717, 1.165) is 5.39 Å². The second-order valence-electron chi connectivity index (χ2n) is 4.99. The number of nitrogens with zero attached hydrogens (tertiary/aromatic N) is 2. The van der Waals surface area contributed by atoms with Crippen LogP contribution >= 0.6 is 0 Å². The molecule has 0 amide bonds. The van der Waals surface area contributed by atoms with Crippen LogP contribution in [0.15, 0.2) is 57.7 Å². The molecule has 0 atom stereocenters. The van der Waals surface area contributed by atoms with Crippen LogP contribution < -0.4 is 5.56 Å². The van der Waals surface area contributed by atoms with Crippen LogP contribution in [0.2, 0.25) is 0 Å². The average Bonchev–Trinajstić information content (AvgIpc) is 2.98. The summed E-state index contributed by atoms with van der Waals surface area (Å²) < 4.78 is 5.67. The van der Waals surface area contributed by atoms with Crippen LogP contribution in [0.5, 0.6) is 0 Å². The van der Waals surface area contributed by atoms with Gasteiger partial charge in [-0.1, -0.05) is 24.3 Å². The van der Waals surface area contributed by atoms with Gasteiger partial charge in [-0.05, 0) is 18.2 Å². The Balaban J connectivity index is 1.99. The first kappa shape index (κ1) is 13.2. The molecular formula is C16H9N3O4. The third kappa shape index (κ3) is 2.06. The van der Waals surface area contributed by atoms with E-state index < -0.39 is 10.5 Å².